The highest BCUT2D eigenvalue weighted by atomic mass is 32.2. The van der Waals surface area contributed by atoms with E-state index < -0.39 is 0 Å². The third-order valence-electron chi connectivity index (χ3n) is 9.48. The molecule has 0 unspecified atom stereocenters. The lowest BCUT2D eigenvalue weighted by Crippen LogP contribution is -2.01. The van der Waals surface area contributed by atoms with Gasteiger partial charge in [0.15, 0.2) is 34.9 Å². The second kappa shape index (κ2) is 14.8. The van der Waals surface area contributed by atoms with E-state index in [4.69, 9.17) is 29.9 Å². The van der Waals surface area contributed by atoms with Crippen molar-refractivity contribution in [3.63, 3.8) is 0 Å². The summed E-state index contributed by atoms with van der Waals surface area (Å²) >= 11 is 3.44. The minimum Gasteiger partial charge on any atom is -0.208 e. The van der Waals surface area contributed by atoms with Gasteiger partial charge in [-0.1, -0.05) is 163 Å². The second-order valence-corrected chi connectivity index (χ2v) is 15.3. The Kier molecular flexibility index (Phi) is 8.87. The fourth-order valence-corrected chi connectivity index (χ4v) is 8.89. The summed E-state index contributed by atoms with van der Waals surface area (Å²) in [6, 6.07) is 61.8. The van der Waals surface area contributed by atoms with Gasteiger partial charge in [0, 0.05) is 63.3 Å². The molecular weight excluding hydrogens is 725 g/mol. The van der Waals surface area contributed by atoms with Gasteiger partial charge in [-0.3, -0.25) is 0 Å². The number of nitrogens with zero attached hydrogens (tertiary/aromatic N) is 6. The summed E-state index contributed by atoms with van der Waals surface area (Å²) in [4.78, 5) is 32.1. The lowest BCUT2D eigenvalue weighted by Gasteiger charge is -2.12. The van der Waals surface area contributed by atoms with Crippen molar-refractivity contribution in [2.45, 2.75) is 9.79 Å². The number of fused-ring (bicyclic) bond motifs is 3. The van der Waals surface area contributed by atoms with E-state index in [1.54, 1.807) is 23.1 Å². The monoisotopic (exact) mass is 754 g/mol. The Hall–Kier alpha value is -6.87. The standard InChI is InChI=1S/C48H30N6S2/c1-4-15-31(16-5-1)43-49-44(32-17-6-2-7-18-32)51-46(50-43)34-27-29-35(30-28-34)55-41-26-13-11-22-38(41)47-52-45(33-19-8-3-9-20-33)53-48(54-47)39-24-14-23-37-36-21-10-12-25-40(36)56-42(37)39/h1-30H. The summed E-state index contributed by atoms with van der Waals surface area (Å²) < 4.78 is 2.40. The normalized spacial score (nSPS) is 11.3. The zero-order valence-corrected chi connectivity index (χ0v) is 31.5. The second-order valence-electron chi connectivity index (χ2n) is 13.1. The van der Waals surface area contributed by atoms with Gasteiger partial charge in [0.25, 0.3) is 0 Å². The van der Waals surface area contributed by atoms with E-state index >= 15 is 0 Å². The van der Waals surface area contributed by atoms with Crippen molar-refractivity contribution in [2.75, 3.05) is 0 Å². The summed E-state index contributed by atoms with van der Waals surface area (Å²) in [6.45, 7) is 0. The lowest BCUT2D eigenvalue weighted by atomic mass is 10.1. The largest absolute Gasteiger partial charge is 0.208 e. The summed E-state index contributed by atoms with van der Waals surface area (Å²) in [7, 11) is 0. The molecule has 0 aliphatic carbocycles. The Morgan fingerprint density at radius 1 is 0.321 bits per heavy atom. The van der Waals surface area contributed by atoms with E-state index in [-0.39, 0.29) is 0 Å². The van der Waals surface area contributed by atoms with Crippen LogP contribution in [0.25, 0.3) is 88.5 Å². The van der Waals surface area contributed by atoms with Crippen molar-refractivity contribution in [3.8, 4) is 68.3 Å². The first-order valence-electron chi connectivity index (χ1n) is 18.2. The molecule has 0 aliphatic rings. The SMILES string of the molecule is c1ccc(-c2nc(-c3ccccc3)nc(-c3ccc(Sc4ccccc4-c4nc(-c5ccccc5)nc(-c5cccc6c5sc5ccccc56)n4)cc3)n2)cc1. The first-order chi connectivity index (χ1) is 27.7. The summed E-state index contributed by atoms with van der Waals surface area (Å²) in [5.41, 5.74) is 5.65. The molecule has 10 rings (SSSR count). The highest BCUT2D eigenvalue weighted by Gasteiger charge is 2.19. The average molecular weight is 755 g/mol. The molecule has 0 aliphatic heterocycles. The van der Waals surface area contributed by atoms with Crippen LogP contribution in [-0.4, -0.2) is 29.9 Å². The molecule has 6 nitrogen and oxygen atoms in total. The Balaban J connectivity index is 1.03. The third kappa shape index (κ3) is 6.62. The first kappa shape index (κ1) is 33.7. The van der Waals surface area contributed by atoms with Gasteiger partial charge in [0.05, 0.1) is 0 Å². The van der Waals surface area contributed by atoms with E-state index in [1.807, 2.05) is 97.1 Å². The minimum atomic E-state index is 0.620. The molecule has 0 atom stereocenters. The molecule has 0 bridgehead atoms. The Labute approximate surface area is 331 Å². The maximum Gasteiger partial charge on any atom is 0.165 e. The first-order valence-corrected chi connectivity index (χ1v) is 19.8. The minimum absolute atomic E-state index is 0.620. The Morgan fingerprint density at radius 3 is 1.36 bits per heavy atom. The molecule has 3 heterocycles. The van der Waals surface area contributed by atoms with Gasteiger partial charge in [0.2, 0.25) is 0 Å². The highest BCUT2D eigenvalue weighted by Crippen LogP contribution is 2.41. The molecule has 56 heavy (non-hydrogen) atoms. The van der Waals surface area contributed by atoms with Crippen LogP contribution in [-0.2, 0) is 0 Å². The number of rotatable bonds is 8. The topological polar surface area (TPSA) is 77.3 Å². The summed E-state index contributed by atoms with van der Waals surface area (Å²) in [6.07, 6.45) is 0. The van der Waals surface area contributed by atoms with E-state index in [2.05, 4.69) is 84.9 Å². The number of aromatic nitrogens is 6. The molecular formula is C48H30N6S2. The molecule has 0 N–H and O–H groups in total. The van der Waals surface area contributed by atoms with Crippen molar-refractivity contribution in [2.24, 2.45) is 0 Å². The molecule has 0 amide bonds. The van der Waals surface area contributed by atoms with Crippen molar-refractivity contribution in [1.29, 1.82) is 0 Å². The van der Waals surface area contributed by atoms with Crippen molar-refractivity contribution in [1.82, 2.24) is 29.9 Å². The van der Waals surface area contributed by atoms with E-state index in [0.29, 0.717) is 34.9 Å². The lowest BCUT2D eigenvalue weighted by molar-refractivity contribution is 1.07. The molecule has 10 aromatic rings. The summed E-state index contributed by atoms with van der Waals surface area (Å²) in [5.74, 6) is 3.80. The van der Waals surface area contributed by atoms with Crippen LogP contribution >= 0.6 is 23.1 Å². The van der Waals surface area contributed by atoms with Gasteiger partial charge >= 0.3 is 0 Å². The van der Waals surface area contributed by atoms with Crippen LogP contribution in [0.5, 0.6) is 0 Å². The van der Waals surface area contributed by atoms with Crippen molar-refractivity contribution < 1.29 is 0 Å². The molecule has 0 fully saturated rings. The van der Waals surface area contributed by atoms with E-state index in [9.17, 15) is 0 Å². The molecule has 264 valence electrons. The molecule has 3 aromatic heterocycles. The quantitative estimate of drug-likeness (QED) is 0.153. The number of hydrogen-bond donors (Lipinski definition) is 0. The zero-order chi connectivity index (χ0) is 37.3. The van der Waals surface area contributed by atoms with Crippen molar-refractivity contribution in [3.05, 3.63) is 182 Å². The molecule has 0 spiro atoms. The fourth-order valence-electron chi connectivity index (χ4n) is 6.73. The van der Waals surface area contributed by atoms with Crippen LogP contribution in [0.15, 0.2) is 192 Å². The van der Waals surface area contributed by atoms with Gasteiger partial charge in [-0.05, 0) is 30.3 Å². The van der Waals surface area contributed by atoms with Crippen LogP contribution in [0.3, 0.4) is 0 Å². The van der Waals surface area contributed by atoms with E-state index in [1.165, 1.54) is 15.5 Å². The molecule has 7 aromatic carbocycles. The Bertz CT molecular complexity index is 2930. The molecule has 8 heteroatoms. The van der Waals surface area contributed by atoms with Crippen LogP contribution in [0.1, 0.15) is 0 Å². The average Bonchev–Trinajstić information content (AvgIpc) is 3.66. The maximum atomic E-state index is 5.19. The predicted octanol–water partition coefficient (Wildman–Crippen LogP) is 12.6. The molecule has 0 saturated carbocycles. The number of hydrogen-bond acceptors (Lipinski definition) is 8. The Morgan fingerprint density at radius 2 is 0.750 bits per heavy atom. The third-order valence-corrected chi connectivity index (χ3v) is 11.8. The van der Waals surface area contributed by atoms with Crippen LogP contribution in [0.2, 0.25) is 0 Å². The zero-order valence-electron chi connectivity index (χ0n) is 29.8. The van der Waals surface area contributed by atoms with Crippen LogP contribution in [0.4, 0.5) is 0 Å². The van der Waals surface area contributed by atoms with Gasteiger partial charge in [-0.2, -0.15) is 0 Å². The maximum absolute atomic E-state index is 5.19. The summed E-state index contributed by atoms with van der Waals surface area (Å²) in [5, 5.41) is 2.44. The van der Waals surface area contributed by atoms with Gasteiger partial charge < -0.3 is 0 Å². The van der Waals surface area contributed by atoms with Crippen molar-refractivity contribution >= 4 is 43.3 Å². The number of thiophene rings is 1. The molecule has 0 radical (unpaired) electrons. The van der Waals surface area contributed by atoms with Gasteiger partial charge in [-0.15, -0.1) is 11.3 Å². The van der Waals surface area contributed by atoms with Gasteiger partial charge in [-0.25, -0.2) is 29.9 Å². The predicted molar refractivity (Wildman–Crippen MR) is 229 cm³/mol. The number of benzene rings is 7. The highest BCUT2D eigenvalue weighted by molar-refractivity contribution is 7.99. The van der Waals surface area contributed by atoms with E-state index in [0.717, 1.165) is 47.9 Å². The van der Waals surface area contributed by atoms with Crippen LogP contribution in [0, 0.1) is 0 Å². The molecule has 0 saturated heterocycles. The smallest absolute Gasteiger partial charge is 0.165 e. The fraction of sp³-hybridized carbons (Fsp3) is 0. The van der Waals surface area contributed by atoms with Gasteiger partial charge in [0.1, 0.15) is 0 Å². The van der Waals surface area contributed by atoms with Crippen LogP contribution < -0.4 is 0 Å².